The topological polar surface area (TPSA) is 52.3 Å². The molecule has 4 nitrogen and oxygen atoms in total. The van der Waals surface area contributed by atoms with Crippen molar-refractivity contribution in [1.29, 1.82) is 0 Å². The zero-order chi connectivity index (χ0) is 12.4. The van der Waals surface area contributed by atoms with Crippen LogP contribution in [0.3, 0.4) is 0 Å². The van der Waals surface area contributed by atoms with Gasteiger partial charge in [-0.2, -0.15) is 0 Å². The van der Waals surface area contributed by atoms with Gasteiger partial charge in [-0.05, 0) is 19.9 Å². The van der Waals surface area contributed by atoms with Gasteiger partial charge in [-0.1, -0.05) is 0 Å². The highest BCUT2D eigenvalue weighted by molar-refractivity contribution is 7.10. The molecule has 0 unspecified atom stereocenters. The summed E-state index contributed by atoms with van der Waals surface area (Å²) < 4.78 is 10.1. The van der Waals surface area contributed by atoms with Crippen LogP contribution in [0.1, 0.15) is 16.5 Å². The number of hydrogen-bond donors (Lipinski definition) is 0. The minimum Gasteiger partial charge on any atom is -0.469 e. The predicted molar refractivity (Wildman–Crippen MR) is 65.0 cm³/mol. The first-order valence-corrected chi connectivity index (χ1v) is 6.06. The fourth-order valence-electron chi connectivity index (χ4n) is 1.60. The Kier molecular flexibility index (Phi) is 3.28. The van der Waals surface area contributed by atoms with Gasteiger partial charge in [0.1, 0.15) is 16.5 Å². The minimum absolute atomic E-state index is 0.219. The first kappa shape index (κ1) is 11.9. The Balaban J connectivity index is 2.24. The molecule has 0 N–H and O–H groups in total. The van der Waals surface area contributed by atoms with Crippen molar-refractivity contribution in [3.05, 3.63) is 28.0 Å². The SMILES string of the molecule is COC(=O)Cc1nc(-c2cc(C)oc2C)cs1. The second-order valence-electron chi connectivity index (χ2n) is 3.71. The molecule has 0 fully saturated rings. The third-order valence-electron chi connectivity index (χ3n) is 2.39. The van der Waals surface area contributed by atoms with Gasteiger partial charge in [0.15, 0.2) is 0 Å². The predicted octanol–water partition coefficient (Wildman–Crippen LogP) is 2.74. The van der Waals surface area contributed by atoms with E-state index in [-0.39, 0.29) is 12.4 Å². The van der Waals surface area contributed by atoms with Crippen LogP contribution in [0.15, 0.2) is 15.9 Å². The molecule has 0 aliphatic rings. The molecule has 2 heterocycles. The molecular formula is C12H13NO3S. The Morgan fingerprint density at radius 1 is 1.53 bits per heavy atom. The van der Waals surface area contributed by atoms with E-state index in [2.05, 4.69) is 9.72 Å². The summed E-state index contributed by atoms with van der Waals surface area (Å²) in [5, 5.41) is 2.68. The molecule has 5 heteroatoms. The zero-order valence-electron chi connectivity index (χ0n) is 9.94. The van der Waals surface area contributed by atoms with E-state index in [0.717, 1.165) is 27.8 Å². The first-order valence-electron chi connectivity index (χ1n) is 5.18. The van der Waals surface area contributed by atoms with Crippen LogP contribution in [0.2, 0.25) is 0 Å². The Bertz CT molecular complexity index is 542. The van der Waals surface area contributed by atoms with Gasteiger partial charge in [0.2, 0.25) is 0 Å². The average molecular weight is 251 g/mol. The fourth-order valence-corrected chi connectivity index (χ4v) is 2.38. The molecule has 0 saturated heterocycles. The van der Waals surface area contributed by atoms with E-state index in [1.807, 2.05) is 25.3 Å². The molecule has 2 aromatic rings. The van der Waals surface area contributed by atoms with Crippen LogP contribution in [-0.2, 0) is 16.0 Å². The van der Waals surface area contributed by atoms with Gasteiger partial charge >= 0.3 is 5.97 Å². The normalized spacial score (nSPS) is 10.5. The molecule has 90 valence electrons. The summed E-state index contributed by atoms with van der Waals surface area (Å²) in [6.07, 6.45) is 0.219. The van der Waals surface area contributed by atoms with Crippen LogP contribution in [0, 0.1) is 13.8 Å². The number of furan rings is 1. The van der Waals surface area contributed by atoms with Crippen molar-refractivity contribution in [2.24, 2.45) is 0 Å². The number of esters is 1. The lowest BCUT2D eigenvalue weighted by molar-refractivity contribution is -0.139. The molecule has 0 aromatic carbocycles. The molecule has 0 saturated carbocycles. The van der Waals surface area contributed by atoms with Crippen LogP contribution < -0.4 is 0 Å². The van der Waals surface area contributed by atoms with E-state index < -0.39 is 0 Å². The molecular weight excluding hydrogens is 238 g/mol. The van der Waals surface area contributed by atoms with E-state index in [1.54, 1.807) is 0 Å². The van der Waals surface area contributed by atoms with Crippen LogP contribution in [-0.4, -0.2) is 18.1 Å². The van der Waals surface area contributed by atoms with Crippen LogP contribution in [0.4, 0.5) is 0 Å². The molecule has 2 aromatic heterocycles. The molecule has 0 bridgehead atoms. The Labute approximate surface area is 103 Å². The van der Waals surface area contributed by atoms with E-state index in [4.69, 9.17) is 4.42 Å². The molecule has 0 spiro atoms. The second kappa shape index (κ2) is 4.71. The van der Waals surface area contributed by atoms with Gasteiger partial charge in [-0.3, -0.25) is 4.79 Å². The van der Waals surface area contributed by atoms with Gasteiger partial charge in [0, 0.05) is 10.9 Å². The Hall–Kier alpha value is -1.62. The number of rotatable bonds is 3. The number of thiazole rings is 1. The summed E-state index contributed by atoms with van der Waals surface area (Å²) in [4.78, 5) is 15.5. The summed E-state index contributed by atoms with van der Waals surface area (Å²) in [6.45, 7) is 3.81. The van der Waals surface area contributed by atoms with Gasteiger partial charge in [-0.25, -0.2) is 4.98 Å². The number of carbonyl (C=O) groups is 1. The summed E-state index contributed by atoms with van der Waals surface area (Å²) >= 11 is 1.45. The van der Waals surface area contributed by atoms with Gasteiger partial charge < -0.3 is 9.15 Å². The van der Waals surface area contributed by atoms with Crippen LogP contribution >= 0.6 is 11.3 Å². The first-order chi connectivity index (χ1) is 8.10. The third-order valence-corrected chi connectivity index (χ3v) is 3.24. The highest BCUT2D eigenvalue weighted by Crippen LogP contribution is 2.27. The van der Waals surface area contributed by atoms with E-state index in [0.29, 0.717) is 0 Å². The molecule has 17 heavy (non-hydrogen) atoms. The van der Waals surface area contributed by atoms with E-state index in [9.17, 15) is 4.79 Å². The lowest BCUT2D eigenvalue weighted by atomic mass is 10.2. The zero-order valence-corrected chi connectivity index (χ0v) is 10.8. The Morgan fingerprint density at radius 3 is 2.88 bits per heavy atom. The lowest BCUT2D eigenvalue weighted by Crippen LogP contribution is -2.03. The number of carbonyl (C=O) groups excluding carboxylic acids is 1. The summed E-state index contributed by atoms with van der Waals surface area (Å²) in [5.74, 6) is 1.43. The second-order valence-corrected chi connectivity index (χ2v) is 4.65. The smallest absolute Gasteiger partial charge is 0.312 e. The van der Waals surface area contributed by atoms with Gasteiger partial charge in [0.25, 0.3) is 0 Å². The number of methoxy groups -OCH3 is 1. The summed E-state index contributed by atoms with van der Waals surface area (Å²) in [6, 6.07) is 1.95. The fraction of sp³-hybridized carbons (Fsp3) is 0.333. The van der Waals surface area contributed by atoms with Crippen molar-refractivity contribution < 1.29 is 13.9 Å². The largest absolute Gasteiger partial charge is 0.469 e. The maximum atomic E-state index is 11.1. The van der Waals surface area contributed by atoms with Crippen molar-refractivity contribution >= 4 is 17.3 Å². The standard InChI is InChI=1S/C12H13NO3S/c1-7-4-9(8(2)16-7)10-6-17-11(13-10)5-12(14)15-3/h4,6H,5H2,1-3H3. The van der Waals surface area contributed by atoms with E-state index >= 15 is 0 Å². The number of ether oxygens (including phenoxy) is 1. The molecule has 2 rings (SSSR count). The number of hydrogen-bond acceptors (Lipinski definition) is 5. The molecule has 0 amide bonds. The number of aryl methyl sites for hydroxylation is 2. The molecule has 0 aliphatic heterocycles. The maximum absolute atomic E-state index is 11.1. The number of aromatic nitrogens is 1. The van der Waals surface area contributed by atoms with Crippen LogP contribution in [0.25, 0.3) is 11.3 Å². The van der Waals surface area contributed by atoms with Gasteiger partial charge in [-0.15, -0.1) is 11.3 Å². The highest BCUT2D eigenvalue weighted by Gasteiger charge is 2.13. The van der Waals surface area contributed by atoms with Crippen molar-refractivity contribution in [3.8, 4) is 11.3 Å². The molecule has 0 atom stereocenters. The summed E-state index contributed by atoms with van der Waals surface area (Å²) in [5.41, 5.74) is 1.83. The van der Waals surface area contributed by atoms with Crippen LogP contribution in [0.5, 0.6) is 0 Å². The number of nitrogens with zero attached hydrogens (tertiary/aromatic N) is 1. The highest BCUT2D eigenvalue weighted by atomic mass is 32.1. The van der Waals surface area contributed by atoms with Crippen molar-refractivity contribution in [3.63, 3.8) is 0 Å². The quantitative estimate of drug-likeness (QED) is 0.787. The third kappa shape index (κ3) is 2.55. The maximum Gasteiger partial charge on any atom is 0.312 e. The average Bonchev–Trinajstić information content (AvgIpc) is 2.85. The summed E-state index contributed by atoms with van der Waals surface area (Å²) in [7, 11) is 1.38. The lowest BCUT2D eigenvalue weighted by Gasteiger charge is -1.94. The minimum atomic E-state index is -0.272. The monoisotopic (exact) mass is 251 g/mol. The van der Waals surface area contributed by atoms with Crippen molar-refractivity contribution in [2.45, 2.75) is 20.3 Å². The Morgan fingerprint density at radius 2 is 2.29 bits per heavy atom. The van der Waals surface area contributed by atoms with E-state index in [1.165, 1.54) is 18.4 Å². The molecule has 0 aliphatic carbocycles. The van der Waals surface area contributed by atoms with Gasteiger partial charge in [0.05, 0.1) is 19.2 Å². The van der Waals surface area contributed by atoms with Crippen molar-refractivity contribution in [2.75, 3.05) is 7.11 Å². The van der Waals surface area contributed by atoms with Crippen molar-refractivity contribution in [1.82, 2.24) is 4.98 Å². The molecule has 0 radical (unpaired) electrons.